The second-order valence-corrected chi connectivity index (χ2v) is 5.63. The van der Waals surface area contributed by atoms with Crippen molar-refractivity contribution in [2.24, 2.45) is 11.8 Å². The number of nitrogens with zero attached hydrogens (tertiary/aromatic N) is 1. The summed E-state index contributed by atoms with van der Waals surface area (Å²) in [5.41, 5.74) is -0.507. The Morgan fingerprint density at radius 1 is 1.44 bits per heavy atom. The summed E-state index contributed by atoms with van der Waals surface area (Å²) in [6.07, 6.45) is -1.11. The van der Waals surface area contributed by atoms with E-state index in [9.17, 15) is 9.90 Å². The maximum absolute atomic E-state index is 11.8. The second kappa shape index (κ2) is 3.89. The number of aliphatic hydroxyl groups is 1. The fourth-order valence-electron chi connectivity index (χ4n) is 2.40. The lowest BCUT2D eigenvalue weighted by Gasteiger charge is -2.27. The number of rotatable bonds is 0. The van der Waals surface area contributed by atoms with Crippen LogP contribution in [-0.2, 0) is 4.74 Å². The first-order valence-electron chi connectivity index (χ1n) is 5.77. The van der Waals surface area contributed by atoms with Gasteiger partial charge in [-0.2, -0.15) is 0 Å². The van der Waals surface area contributed by atoms with Crippen molar-refractivity contribution in [3.8, 4) is 0 Å². The average Bonchev–Trinajstić information content (AvgIpc) is 2.66. The predicted octanol–water partition coefficient (Wildman–Crippen LogP) is 0.391. The van der Waals surface area contributed by atoms with E-state index in [0.717, 1.165) is 13.1 Å². The Kier molecular flexibility index (Phi) is 2.84. The van der Waals surface area contributed by atoms with Crippen LogP contribution >= 0.6 is 0 Å². The molecule has 2 saturated heterocycles. The van der Waals surface area contributed by atoms with Crippen molar-refractivity contribution in [1.82, 2.24) is 10.2 Å². The van der Waals surface area contributed by atoms with Gasteiger partial charge in [0.1, 0.15) is 11.8 Å². The Morgan fingerprint density at radius 3 is 2.69 bits per heavy atom. The summed E-state index contributed by atoms with van der Waals surface area (Å²) in [7, 11) is 0. The summed E-state index contributed by atoms with van der Waals surface area (Å²) in [4.78, 5) is 13.3. The molecular formula is C11H20N2O3. The molecule has 1 amide bonds. The molecule has 2 aliphatic heterocycles. The van der Waals surface area contributed by atoms with Gasteiger partial charge < -0.3 is 15.2 Å². The van der Waals surface area contributed by atoms with Crippen LogP contribution in [0.2, 0.25) is 0 Å². The summed E-state index contributed by atoms with van der Waals surface area (Å²) < 4.78 is 5.26. The Balaban J connectivity index is 1.99. The van der Waals surface area contributed by atoms with E-state index in [1.165, 1.54) is 4.90 Å². The Labute approximate surface area is 95.8 Å². The molecule has 3 atom stereocenters. The van der Waals surface area contributed by atoms with Crippen molar-refractivity contribution in [2.75, 3.05) is 19.6 Å². The molecule has 16 heavy (non-hydrogen) atoms. The number of hydrogen-bond acceptors (Lipinski definition) is 4. The third kappa shape index (κ3) is 2.15. The van der Waals surface area contributed by atoms with Crippen LogP contribution in [0.1, 0.15) is 20.8 Å². The van der Waals surface area contributed by atoms with E-state index in [1.54, 1.807) is 0 Å². The van der Waals surface area contributed by atoms with Crippen molar-refractivity contribution >= 4 is 6.09 Å². The molecule has 0 radical (unpaired) electrons. The summed E-state index contributed by atoms with van der Waals surface area (Å²) in [5.74, 6) is 0.523. The molecule has 0 aliphatic carbocycles. The molecule has 0 aromatic rings. The van der Waals surface area contributed by atoms with Crippen LogP contribution in [0.4, 0.5) is 4.79 Å². The Morgan fingerprint density at radius 2 is 2.12 bits per heavy atom. The number of carbonyl (C=O) groups is 1. The fraction of sp³-hybridized carbons (Fsp3) is 0.909. The highest BCUT2D eigenvalue weighted by Gasteiger charge is 2.46. The zero-order valence-electron chi connectivity index (χ0n) is 10.1. The molecule has 2 aliphatic rings. The lowest BCUT2D eigenvalue weighted by molar-refractivity contribution is -0.0244. The minimum Gasteiger partial charge on any atom is -0.444 e. The summed E-state index contributed by atoms with van der Waals surface area (Å²) >= 11 is 0. The summed E-state index contributed by atoms with van der Waals surface area (Å²) in [6.45, 7) is 7.74. The first kappa shape index (κ1) is 11.7. The van der Waals surface area contributed by atoms with E-state index >= 15 is 0 Å². The van der Waals surface area contributed by atoms with Gasteiger partial charge in [0.05, 0.1) is 0 Å². The molecule has 2 fully saturated rings. The van der Waals surface area contributed by atoms with Crippen molar-refractivity contribution in [3.63, 3.8) is 0 Å². The van der Waals surface area contributed by atoms with Gasteiger partial charge in [0.25, 0.3) is 0 Å². The molecule has 0 aromatic heterocycles. The smallest absolute Gasteiger partial charge is 0.412 e. The highest BCUT2D eigenvalue weighted by molar-refractivity contribution is 5.68. The topological polar surface area (TPSA) is 61.8 Å². The summed E-state index contributed by atoms with van der Waals surface area (Å²) in [5, 5.41) is 13.2. The molecule has 5 heteroatoms. The van der Waals surface area contributed by atoms with E-state index in [2.05, 4.69) is 5.32 Å². The molecule has 2 rings (SSSR count). The van der Waals surface area contributed by atoms with Gasteiger partial charge in [0.2, 0.25) is 0 Å². The number of aliphatic hydroxyl groups excluding tert-OH is 1. The Hall–Kier alpha value is -0.810. The predicted molar refractivity (Wildman–Crippen MR) is 58.8 cm³/mol. The molecule has 0 bridgehead atoms. The van der Waals surface area contributed by atoms with Crippen molar-refractivity contribution in [1.29, 1.82) is 0 Å². The number of carbonyl (C=O) groups excluding carboxylic acids is 1. The largest absolute Gasteiger partial charge is 0.444 e. The second-order valence-electron chi connectivity index (χ2n) is 5.63. The SMILES string of the molecule is CC(C)(C)OC(=O)N1CC2CNC[C@@H]2C1O. The van der Waals surface area contributed by atoms with Gasteiger partial charge in [-0.25, -0.2) is 4.79 Å². The Bertz CT molecular complexity index is 287. The van der Waals surface area contributed by atoms with Gasteiger partial charge in [-0.05, 0) is 26.7 Å². The van der Waals surface area contributed by atoms with E-state index in [-0.39, 0.29) is 5.92 Å². The van der Waals surface area contributed by atoms with E-state index in [4.69, 9.17) is 4.74 Å². The van der Waals surface area contributed by atoms with Crippen LogP contribution in [0.15, 0.2) is 0 Å². The van der Waals surface area contributed by atoms with Gasteiger partial charge in [-0.3, -0.25) is 4.90 Å². The van der Waals surface area contributed by atoms with Gasteiger partial charge in [-0.1, -0.05) is 0 Å². The summed E-state index contributed by atoms with van der Waals surface area (Å²) in [6, 6.07) is 0. The maximum Gasteiger partial charge on any atom is 0.412 e. The van der Waals surface area contributed by atoms with Gasteiger partial charge in [0, 0.05) is 25.6 Å². The fourth-order valence-corrected chi connectivity index (χ4v) is 2.40. The zero-order chi connectivity index (χ0) is 11.9. The normalized spacial score (nSPS) is 34.0. The minimum atomic E-state index is -0.699. The minimum absolute atomic E-state index is 0.160. The van der Waals surface area contributed by atoms with Gasteiger partial charge in [0.15, 0.2) is 0 Å². The van der Waals surface area contributed by atoms with Crippen molar-refractivity contribution in [3.05, 3.63) is 0 Å². The highest BCUT2D eigenvalue weighted by atomic mass is 16.6. The molecule has 0 spiro atoms. The van der Waals surface area contributed by atoms with Crippen LogP contribution in [-0.4, -0.2) is 47.6 Å². The number of fused-ring (bicyclic) bond motifs is 1. The van der Waals surface area contributed by atoms with Crippen molar-refractivity contribution < 1.29 is 14.6 Å². The van der Waals surface area contributed by atoms with E-state index in [1.807, 2.05) is 20.8 Å². The molecular weight excluding hydrogens is 208 g/mol. The monoisotopic (exact) mass is 228 g/mol. The average molecular weight is 228 g/mol. The third-order valence-corrected chi connectivity index (χ3v) is 3.15. The zero-order valence-corrected chi connectivity index (χ0v) is 10.1. The lowest BCUT2D eigenvalue weighted by Crippen LogP contribution is -2.42. The maximum atomic E-state index is 11.8. The molecule has 2 unspecified atom stereocenters. The van der Waals surface area contributed by atoms with Crippen LogP contribution < -0.4 is 5.32 Å². The van der Waals surface area contributed by atoms with Gasteiger partial charge in [-0.15, -0.1) is 0 Å². The number of amides is 1. The first-order chi connectivity index (χ1) is 7.38. The van der Waals surface area contributed by atoms with Crippen molar-refractivity contribution in [2.45, 2.75) is 32.6 Å². The van der Waals surface area contributed by atoms with Gasteiger partial charge >= 0.3 is 6.09 Å². The molecule has 0 saturated carbocycles. The number of likely N-dealkylation sites (tertiary alicyclic amines) is 1. The number of ether oxygens (including phenoxy) is 1. The molecule has 2 heterocycles. The number of nitrogens with one attached hydrogen (secondary N) is 1. The molecule has 92 valence electrons. The van der Waals surface area contributed by atoms with Crippen LogP contribution in [0.25, 0.3) is 0 Å². The van der Waals surface area contributed by atoms with Crippen LogP contribution in [0.5, 0.6) is 0 Å². The lowest BCUT2D eigenvalue weighted by atomic mass is 10.00. The molecule has 0 aromatic carbocycles. The number of hydrogen-bond donors (Lipinski definition) is 2. The molecule has 2 N–H and O–H groups in total. The van der Waals surface area contributed by atoms with E-state index in [0.29, 0.717) is 12.5 Å². The van der Waals surface area contributed by atoms with Crippen LogP contribution in [0.3, 0.4) is 0 Å². The van der Waals surface area contributed by atoms with E-state index < -0.39 is 17.9 Å². The first-order valence-corrected chi connectivity index (χ1v) is 5.77. The molecule has 5 nitrogen and oxygen atoms in total. The third-order valence-electron chi connectivity index (χ3n) is 3.15. The standard InChI is InChI=1S/C11H20N2O3/c1-11(2,3)16-10(15)13-6-7-4-12-5-8(7)9(13)14/h7-9,12,14H,4-6H2,1-3H3/t7?,8-,9?/m0/s1. The highest BCUT2D eigenvalue weighted by Crippen LogP contribution is 2.31. The quantitative estimate of drug-likeness (QED) is 0.629. The van der Waals surface area contributed by atoms with Crippen LogP contribution in [0, 0.1) is 11.8 Å².